The van der Waals surface area contributed by atoms with Crippen LogP contribution in [0.15, 0.2) is 44.6 Å². The topological polar surface area (TPSA) is 58.3 Å². The van der Waals surface area contributed by atoms with Crippen LogP contribution in [0.2, 0.25) is 0 Å². The summed E-state index contributed by atoms with van der Waals surface area (Å²) < 4.78 is 8.17. The predicted molar refractivity (Wildman–Crippen MR) is 115 cm³/mol. The molecule has 0 unspecified atom stereocenters. The number of piperazine rings is 1. The molecule has 4 aromatic rings. The smallest absolute Gasteiger partial charge is 0.257 e. The van der Waals surface area contributed by atoms with E-state index in [2.05, 4.69) is 54.1 Å². The Kier molecular flexibility index (Phi) is 5.25. The fourth-order valence-electron chi connectivity index (χ4n) is 3.32. The molecule has 1 aromatic carbocycles. The van der Waals surface area contributed by atoms with Gasteiger partial charge in [0, 0.05) is 26.2 Å². The Morgan fingerprint density at radius 3 is 2.46 bits per heavy atom. The van der Waals surface area contributed by atoms with Crippen LogP contribution >= 0.6 is 38.6 Å². The first-order chi connectivity index (χ1) is 13.7. The molecule has 6 nitrogen and oxygen atoms in total. The normalized spacial score (nSPS) is 16.2. The molecular formula is C19H18BrN5OS2. The summed E-state index contributed by atoms with van der Waals surface area (Å²) >= 11 is 6.86. The first-order valence-electron chi connectivity index (χ1n) is 9.10. The zero-order valence-corrected chi connectivity index (χ0v) is 18.3. The lowest BCUT2D eigenvalue weighted by atomic mass is 10.3. The second-order valence-corrected chi connectivity index (χ2v) is 10.3. The zero-order chi connectivity index (χ0) is 18.9. The molecule has 0 aliphatic carbocycles. The lowest BCUT2D eigenvalue weighted by Crippen LogP contribution is -2.45. The number of hydrogen-bond acceptors (Lipinski definition) is 8. The van der Waals surface area contributed by atoms with Crippen molar-refractivity contribution in [2.45, 2.75) is 13.1 Å². The monoisotopic (exact) mass is 475 g/mol. The quantitative estimate of drug-likeness (QED) is 0.423. The summed E-state index contributed by atoms with van der Waals surface area (Å²) in [5.41, 5.74) is 1.10. The molecule has 0 bridgehead atoms. The van der Waals surface area contributed by atoms with Crippen molar-refractivity contribution in [2.75, 3.05) is 26.2 Å². The molecule has 4 heterocycles. The van der Waals surface area contributed by atoms with Crippen LogP contribution in [-0.2, 0) is 13.1 Å². The molecule has 5 rings (SSSR count). The molecule has 0 radical (unpaired) electrons. The number of benzene rings is 1. The number of thiophene rings is 1. The Morgan fingerprint density at radius 2 is 1.71 bits per heavy atom. The Bertz CT molecular complexity index is 1050. The molecule has 9 heteroatoms. The molecule has 3 aromatic heterocycles. The minimum Gasteiger partial charge on any atom is -0.419 e. The van der Waals surface area contributed by atoms with Crippen molar-refractivity contribution >= 4 is 48.8 Å². The SMILES string of the molecule is Brc1ccc(-c2nnc(CN3CCN(Cc4nc5ccccc5s4)CC3)o2)s1. The van der Waals surface area contributed by atoms with Gasteiger partial charge in [-0.15, -0.1) is 32.9 Å². The van der Waals surface area contributed by atoms with Crippen LogP contribution in [0.3, 0.4) is 0 Å². The van der Waals surface area contributed by atoms with Crippen LogP contribution in [0.25, 0.3) is 21.0 Å². The van der Waals surface area contributed by atoms with E-state index >= 15 is 0 Å². The Hall–Kier alpha value is -1.65. The van der Waals surface area contributed by atoms with Gasteiger partial charge in [0.15, 0.2) is 0 Å². The number of fused-ring (bicyclic) bond motifs is 1. The van der Waals surface area contributed by atoms with E-state index in [1.54, 1.807) is 22.7 Å². The molecule has 0 spiro atoms. The van der Waals surface area contributed by atoms with Gasteiger partial charge in [0.1, 0.15) is 5.01 Å². The van der Waals surface area contributed by atoms with Crippen molar-refractivity contribution in [1.82, 2.24) is 25.0 Å². The third kappa shape index (κ3) is 4.04. The van der Waals surface area contributed by atoms with Gasteiger partial charge in [-0.25, -0.2) is 4.98 Å². The van der Waals surface area contributed by atoms with E-state index in [0.717, 1.165) is 46.9 Å². The van der Waals surface area contributed by atoms with Gasteiger partial charge in [-0.1, -0.05) is 12.1 Å². The highest BCUT2D eigenvalue weighted by molar-refractivity contribution is 9.11. The highest BCUT2D eigenvalue weighted by Gasteiger charge is 2.20. The maximum Gasteiger partial charge on any atom is 0.257 e. The van der Waals surface area contributed by atoms with E-state index in [1.165, 1.54) is 9.71 Å². The van der Waals surface area contributed by atoms with Crippen LogP contribution in [0.1, 0.15) is 10.9 Å². The van der Waals surface area contributed by atoms with Crippen LogP contribution < -0.4 is 0 Å². The molecular weight excluding hydrogens is 458 g/mol. The van der Waals surface area contributed by atoms with Gasteiger partial charge < -0.3 is 4.42 Å². The molecule has 0 N–H and O–H groups in total. The summed E-state index contributed by atoms with van der Waals surface area (Å²) in [6, 6.07) is 12.3. The van der Waals surface area contributed by atoms with Gasteiger partial charge in [0.2, 0.25) is 5.89 Å². The van der Waals surface area contributed by atoms with Gasteiger partial charge in [-0.05, 0) is 40.2 Å². The molecule has 1 aliphatic heterocycles. The fourth-order valence-corrected chi connectivity index (χ4v) is 5.64. The van der Waals surface area contributed by atoms with Crippen molar-refractivity contribution in [3.63, 3.8) is 0 Å². The first-order valence-corrected chi connectivity index (χ1v) is 11.5. The van der Waals surface area contributed by atoms with E-state index < -0.39 is 0 Å². The molecule has 1 aliphatic rings. The van der Waals surface area contributed by atoms with E-state index in [1.807, 2.05) is 18.2 Å². The number of nitrogens with zero attached hydrogens (tertiary/aromatic N) is 5. The van der Waals surface area contributed by atoms with Crippen molar-refractivity contribution in [3.05, 3.63) is 51.1 Å². The molecule has 144 valence electrons. The molecule has 0 amide bonds. The maximum absolute atomic E-state index is 5.85. The average Bonchev–Trinajstić information content (AvgIpc) is 3.42. The summed E-state index contributed by atoms with van der Waals surface area (Å²) in [6.07, 6.45) is 0. The molecule has 0 atom stereocenters. The summed E-state index contributed by atoms with van der Waals surface area (Å²) in [5.74, 6) is 1.28. The highest BCUT2D eigenvalue weighted by atomic mass is 79.9. The van der Waals surface area contributed by atoms with Gasteiger partial charge >= 0.3 is 0 Å². The summed E-state index contributed by atoms with van der Waals surface area (Å²) in [4.78, 5) is 10.6. The zero-order valence-electron chi connectivity index (χ0n) is 15.0. The maximum atomic E-state index is 5.85. The minimum atomic E-state index is 0.597. The van der Waals surface area contributed by atoms with Gasteiger partial charge in [0.05, 0.1) is 32.0 Å². The van der Waals surface area contributed by atoms with E-state index in [-0.39, 0.29) is 0 Å². The highest BCUT2D eigenvalue weighted by Crippen LogP contribution is 2.30. The van der Waals surface area contributed by atoms with Gasteiger partial charge in [-0.2, -0.15) is 0 Å². The second kappa shape index (κ2) is 8.00. The van der Waals surface area contributed by atoms with Crippen molar-refractivity contribution < 1.29 is 4.42 Å². The Labute approximate surface area is 179 Å². The molecule has 0 saturated carbocycles. The lowest BCUT2D eigenvalue weighted by molar-refractivity contribution is 0.114. The summed E-state index contributed by atoms with van der Waals surface area (Å²) in [5, 5.41) is 9.60. The second-order valence-electron chi connectivity index (χ2n) is 6.73. The molecule has 1 fully saturated rings. The standard InChI is InChI=1S/C19H18BrN5OS2/c20-16-6-5-15(27-16)19-23-22-17(26-19)11-24-7-9-25(10-8-24)12-18-21-13-3-1-2-4-14(13)28-18/h1-6H,7-12H2. The average molecular weight is 476 g/mol. The molecule has 1 saturated heterocycles. The Morgan fingerprint density at radius 1 is 0.929 bits per heavy atom. The summed E-state index contributed by atoms with van der Waals surface area (Å²) in [6.45, 7) is 5.66. The van der Waals surface area contributed by atoms with Crippen LogP contribution in [0.5, 0.6) is 0 Å². The van der Waals surface area contributed by atoms with Crippen molar-refractivity contribution in [3.8, 4) is 10.8 Å². The third-order valence-electron chi connectivity index (χ3n) is 4.77. The number of aromatic nitrogens is 3. The van der Waals surface area contributed by atoms with Gasteiger partial charge in [0.25, 0.3) is 5.89 Å². The van der Waals surface area contributed by atoms with Crippen LogP contribution in [0.4, 0.5) is 0 Å². The first kappa shape index (κ1) is 18.4. The number of halogens is 1. The molecule has 28 heavy (non-hydrogen) atoms. The van der Waals surface area contributed by atoms with Crippen molar-refractivity contribution in [2.24, 2.45) is 0 Å². The number of thiazole rings is 1. The third-order valence-corrected chi connectivity index (χ3v) is 7.40. The number of hydrogen-bond donors (Lipinski definition) is 0. The minimum absolute atomic E-state index is 0.597. The predicted octanol–water partition coefficient (Wildman–Crippen LogP) is 4.49. The van der Waals surface area contributed by atoms with Crippen LogP contribution in [0, 0.1) is 0 Å². The Balaban J connectivity index is 1.15. The summed E-state index contributed by atoms with van der Waals surface area (Å²) in [7, 11) is 0. The van der Waals surface area contributed by atoms with Crippen LogP contribution in [-0.4, -0.2) is 51.2 Å². The largest absolute Gasteiger partial charge is 0.419 e. The lowest BCUT2D eigenvalue weighted by Gasteiger charge is -2.33. The fraction of sp³-hybridized carbons (Fsp3) is 0.316. The van der Waals surface area contributed by atoms with E-state index in [4.69, 9.17) is 9.40 Å². The van der Waals surface area contributed by atoms with Crippen molar-refractivity contribution in [1.29, 1.82) is 0 Å². The van der Waals surface area contributed by atoms with E-state index in [9.17, 15) is 0 Å². The number of para-hydroxylation sites is 1. The number of rotatable bonds is 5. The van der Waals surface area contributed by atoms with Gasteiger partial charge in [-0.3, -0.25) is 9.80 Å². The van der Waals surface area contributed by atoms with E-state index in [0.29, 0.717) is 18.3 Å².